The van der Waals surface area contributed by atoms with Crippen molar-refractivity contribution in [1.82, 2.24) is 9.80 Å². The molecule has 2 rings (SSSR count). The summed E-state index contributed by atoms with van der Waals surface area (Å²) >= 11 is 0. The molecule has 2 aliphatic rings. The van der Waals surface area contributed by atoms with Gasteiger partial charge in [-0.3, -0.25) is 9.59 Å². The van der Waals surface area contributed by atoms with E-state index in [9.17, 15) is 9.59 Å². The standard InChI is InChI=1S/C14H24N2O2/c1-11(2)13(17)15-7-9-16(10-8-15)14(18)12-5-3-4-6-12/h11-12H,3-10H2,1-2H3. The average Bonchev–Trinajstić information content (AvgIpc) is 2.91. The van der Waals surface area contributed by atoms with Crippen LogP contribution in [0.15, 0.2) is 0 Å². The number of hydrogen-bond donors (Lipinski definition) is 0. The molecule has 0 aromatic carbocycles. The molecule has 0 N–H and O–H groups in total. The third-order valence-corrected chi connectivity index (χ3v) is 4.10. The van der Waals surface area contributed by atoms with Crippen molar-refractivity contribution in [3.8, 4) is 0 Å². The molecule has 2 fully saturated rings. The molecule has 0 aromatic rings. The third kappa shape index (κ3) is 2.85. The molecule has 2 amide bonds. The zero-order valence-corrected chi connectivity index (χ0v) is 11.5. The third-order valence-electron chi connectivity index (χ3n) is 4.10. The largest absolute Gasteiger partial charge is 0.339 e. The Bertz CT molecular complexity index is 314. The Morgan fingerprint density at radius 3 is 1.94 bits per heavy atom. The highest BCUT2D eigenvalue weighted by Crippen LogP contribution is 2.26. The fourth-order valence-corrected chi connectivity index (χ4v) is 2.94. The molecule has 0 radical (unpaired) electrons. The van der Waals surface area contributed by atoms with Crippen LogP contribution in [0.1, 0.15) is 39.5 Å². The summed E-state index contributed by atoms with van der Waals surface area (Å²) < 4.78 is 0. The maximum Gasteiger partial charge on any atom is 0.225 e. The highest BCUT2D eigenvalue weighted by atomic mass is 16.2. The van der Waals surface area contributed by atoms with Crippen LogP contribution in [0, 0.1) is 11.8 Å². The summed E-state index contributed by atoms with van der Waals surface area (Å²) in [5.74, 6) is 0.853. The van der Waals surface area contributed by atoms with Crippen molar-refractivity contribution in [3.05, 3.63) is 0 Å². The Kier molecular flexibility index (Phi) is 4.25. The van der Waals surface area contributed by atoms with E-state index in [-0.39, 0.29) is 17.7 Å². The van der Waals surface area contributed by atoms with Crippen LogP contribution in [0.3, 0.4) is 0 Å². The Morgan fingerprint density at radius 1 is 0.944 bits per heavy atom. The van der Waals surface area contributed by atoms with Crippen molar-refractivity contribution in [1.29, 1.82) is 0 Å². The molecule has 0 unspecified atom stereocenters. The summed E-state index contributed by atoms with van der Waals surface area (Å²) in [6, 6.07) is 0. The van der Waals surface area contributed by atoms with Crippen LogP contribution in [0.2, 0.25) is 0 Å². The quantitative estimate of drug-likeness (QED) is 0.747. The number of amides is 2. The van der Waals surface area contributed by atoms with Gasteiger partial charge in [-0.05, 0) is 12.8 Å². The second-order valence-electron chi connectivity index (χ2n) is 5.79. The molecular formula is C14H24N2O2. The van der Waals surface area contributed by atoms with Crippen LogP contribution < -0.4 is 0 Å². The lowest BCUT2D eigenvalue weighted by Crippen LogP contribution is -2.52. The normalized spacial score (nSPS) is 21.7. The topological polar surface area (TPSA) is 40.6 Å². The second-order valence-corrected chi connectivity index (χ2v) is 5.79. The summed E-state index contributed by atoms with van der Waals surface area (Å²) in [5, 5.41) is 0. The summed E-state index contributed by atoms with van der Waals surface area (Å²) in [5.41, 5.74) is 0. The van der Waals surface area contributed by atoms with E-state index in [2.05, 4.69) is 0 Å². The fourth-order valence-electron chi connectivity index (χ4n) is 2.94. The van der Waals surface area contributed by atoms with Crippen molar-refractivity contribution in [2.75, 3.05) is 26.2 Å². The van der Waals surface area contributed by atoms with Crippen LogP contribution in [-0.4, -0.2) is 47.8 Å². The van der Waals surface area contributed by atoms with Crippen molar-refractivity contribution >= 4 is 11.8 Å². The molecule has 1 saturated carbocycles. The maximum atomic E-state index is 12.2. The maximum absolute atomic E-state index is 12.2. The van der Waals surface area contributed by atoms with Crippen molar-refractivity contribution in [3.63, 3.8) is 0 Å². The highest BCUT2D eigenvalue weighted by molar-refractivity contribution is 5.80. The van der Waals surface area contributed by atoms with E-state index in [0.717, 1.165) is 12.8 Å². The minimum absolute atomic E-state index is 0.0575. The van der Waals surface area contributed by atoms with E-state index in [0.29, 0.717) is 32.1 Å². The number of hydrogen-bond acceptors (Lipinski definition) is 2. The number of carbonyl (C=O) groups excluding carboxylic acids is 2. The molecule has 1 heterocycles. The Balaban J connectivity index is 1.82. The minimum Gasteiger partial charge on any atom is -0.339 e. The fraction of sp³-hybridized carbons (Fsp3) is 0.857. The lowest BCUT2D eigenvalue weighted by Gasteiger charge is -2.36. The first-order chi connectivity index (χ1) is 8.59. The molecule has 0 bridgehead atoms. The number of piperazine rings is 1. The lowest BCUT2D eigenvalue weighted by molar-refractivity contribution is -0.143. The van der Waals surface area contributed by atoms with E-state index >= 15 is 0 Å². The van der Waals surface area contributed by atoms with E-state index < -0.39 is 0 Å². The molecule has 1 saturated heterocycles. The van der Waals surface area contributed by atoms with Crippen LogP contribution >= 0.6 is 0 Å². The second kappa shape index (κ2) is 5.72. The van der Waals surface area contributed by atoms with Gasteiger partial charge in [0.1, 0.15) is 0 Å². The van der Waals surface area contributed by atoms with Crippen molar-refractivity contribution in [2.24, 2.45) is 11.8 Å². The molecule has 102 valence electrons. The predicted octanol–water partition coefficient (Wildman–Crippen LogP) is 1.50. The van der Waals surface area contributed by atoms with Crippen LogP contribution in [0.4, 0.5) is 0 Å². The van der Waals surface area contributed by atoms with Gasteiger partial charge in [0.05, 0.1) is 0 Å². The first kappa shape index (κ1) is 13.4. The number of carbonyl (C=O) groups is 2. The molecule has 0 atom stereocenters. The van der Waals surface area contributed by atoms with Gasteiger partial charge in [0.2, 0.25) is 11.8 Å². The van der Waals surface area contributed by atoms with Crippen molar-refractivity contribution < 1.29 is 9.59 Å². The van der Waals surface area contributed by atoms with Gasteiger partial charge < -0.3 is 9.80 Å². The van der Waals surface area contributed by atoms with Gasteiger partial charge in [-0.15, -0.1) is 0 Å². The molecule has 1 aliphatic carbocycles. The SMILES string of the molecule is CC(C)C(=O)N1CCN(C(=O)C2CCCC2)CC1. The van der Waals surface area contributed by atoms with Crippen LogP contribution in [-0.2, 0) is 9.59 Å². The van der Waals surface area contributed by atoms with Gasteiger partial charge in [-0.1, -0.05) is 26.7 Å². The Hall–Kier alpha value is -1.06. The Morgan fingerprint density at radius 2 is 1.44 bits per heavy atom. The predicted molar refractivity (Wildman–Crippen MR) is 70.0 cm³/mol. The zero-order chi connectivity index (χ0) is 13.1. The van der Waals surface area contributed by atoms with Gasteiger partial charge in [0.15, 0.2) is 0 Å². The number of nitrogens with zero attached hydrogens (tertiary/aromatic N) is 2. The van der Waals surface area contributed by atoms with Gasteiger partial charge >= 0.3 is 0 Å². The number of rotatable bonds is 2. The van der Waals surface area contributed by atoms with E-state index in [1.54, 1.807) is 0 Å². The average molecular weight is 252 g/mol. The van der Waals surface area contributed by atoms with Gasteiger partial charge in [0.25, 0.3) is 0 Å². The Labute approximate surface area is 109 Å². The minimum atomic E-state index is 0.0575. The summed E-state index contributed by atoms with van der Waals surface area (Å²) in [7, 11) is 0. The van der Waals surface area contributed by atoms with Gasteiger partial charge in [0, 0.05) is 38.0 Å². The molecular weight excluding hydrogens is 228 g/mol. The van der Waals surface area contributed by atoms with E-state index in [1.165, 1.54) is 12.8 Å². The molecule has 0 spiro atoms. The summed E-state index contributed by atoms with van der Waals surface area (Å²) in [6.07, 6.45) is 4.51. The smallest absolute Gasteiger partial charge is 0.225 e. The van der Waals surface area contributed by atoms with Gasteiger partial charge in [-0.25, -0.2) is 0 Å². The molecule has 0 aromatic heterocycles. The van der Waals surface area contributed by atoms with E-state index in [1.807, 2.05) is 23.6 Å². The van der Waals surface area contributed by atoms with Crippen molar-refractivity contribution in [2.45, 2.75) is 39.5 Å². The lowest BCUT2D eigenvalue weighted by atomic mass is 10.1. The summed E-state index contributed by atoms with van der Waals surface area (Å²) in [6.45, 7) is 6.70. The highest BCUT2D eigenvalue weighted by Gasteiger charge is 2.30. The van der Waals surface area contributed by atoms with Crippen LogP contribution in [0.5, 0.6) is 0 Å². The summed E-state index contributed by atoms with van der Waals surface area (Å²) in [4.78, 5) is 27.9. The molecule has 4 heteroatoms. The first-order valence-corrected chi connectivity index (χ1v) is 7.17. The van der Waals surface area contributed by atoms with Gasteiger partial charge in [-0.2, -0.15) is 0 Å². The van der Waals surface area contributed by atoms with Crippen LogP contribution in [0.25, 0.3) is 0 Å². The van der Waals surface area contributed by atoms with E-state index in [4.69, 9.17) is 0 Å². The monoisotopic (exact) mass is 252 g/mol. The molecule has 18 heavy (non-hydrogen) atoms. The molecule has 4 nitrogen and oxygen atoms in total. The molecule has 1 aliphatic heterocycles. The zero-order valence-electron chi connectivity index (χ0n) is 11.5. The first-order valence-electron chi connectivity index (χ1n) is 7.17.